The van der Waals surface area contributed by atoms with Crippen LogP contribution in [0.2, 0.25) is 0 Å². The lowest BCUT2D eigenvalue weighted by Gasteiger charge is -2.11. The fourth-order valence-corrected chi connectivity index (χ4v) is 1.47. The summed E-state index contributed by atoms with van der Waals surface area (Å²) in [7, 11) is 1.65. The maximum atomic E-state index is 10.6. The molecule has 0 aromatic rings. The molecule has 0 amide bonds. The molecule has 1 fully saturated rings. The van der Waals surface area contributed by atoms with Crippen molar-refractivity contribution >= 4 is 5.97 Å². The quantitative estimate of drug-likeness (QED) is 0.588. The van der Waals surface area contributed by atoms with Gasteiger partial charge in [-0.15, -0.1) is 0 Å². The van der Waals surface area contributed by atoms with Crippen LogP contribution in [0.3, 0.4) is 0 Å². The van der Waals surface area contributed by atoms with Crippen LogP contribution in [0.5, 0.6) is 0 Å². The van der Waals surface area contributed by atoms with E-state index in [2.05, 4.69) is 5.32 Å². The minimum absolute atomic E-state index is 0.0351. The summed E-state index contributed by atoms with van der Waals surface area (Å²) in [5.41, 5.74) is 0. The zero-order chi connectivity index (χ0) is 10.4. The Kier molecular flexibility index (Phi) is 4.86. The second-order valence-corrected chi connectivity index (χ2v) is 3.36. The second kappa shape index (κ2) is 5.95. The van der Waals surface area contributed by atoms with E-state index in [0.29, 0.717) is 19.6 Å². The summed E-state index contributed by atoms with van der Waals surface area (Å²) in [6, 6.07) is 0. The minimum Gasteiger partial charge on any atom is -0.479 e. The Morgan fingerprint density at radius 2 is 2.43 bits per heavy atom. The van der Waals surface area contributed by atoms with Gasteiger partial charge in [0, 0.05) is 20.2 Å². The van der Waals surface area contributed by atoms with Gasteiger partial charge in [-0.1, -0.05) is 0 Å². The molecule has 0 saturated carbocycles. The molecule has 14 heavy (non-hydrogen) atoms. The predicted octanol–water partition coefficient (Wildman–Crippen LogP) is -0.145. The first-order chi connectivity index (χ1) is 6.74. The highest BCUT2D eigenvalue weighted by molar-refractivity contribution is 5.72. The van der Waals surface area contributed by atoms with Crippen LogP contribution in [0.1, 0.15) is 12.8 Å². The van der Waals surface area contributed by atoms with Crippen LogP contribution in [-0.2, 0) is 14.3 Å². The zero-order valence-electron chi connectivity index (χ0n) is 8.36. The zero-order valence-corrected chi connectivity index (χ0v) is 8.36. The largest absolute Gasteiger partial charge is 0.479 e. The predicted molar refractivity (Wildman–Crippen MR) is 50.3 cm³/mol. The van der Waals surface area contributed by atoms with Crippen molar-refractivity contribution in [1.82, 2.24) is 5.32 Å². The van der Waals surface area contributed by atoms with Crippen LogP contribution in [0, 0.1) is 0 Å². The van der Waals surface area contributed by atoms with Gasteiger partial charge in [0.05, 0.1) is 12.7 Å². The first-order valence-corrected chi connectivity index (χ1v) is 4.82. The number of carboxylic acid groups (broad SMARTS) is 1. The first-order valence-electron chi connectivity index (χ1n) is 4.82. The lowest BCUT2D eigenvalue weighted by atomic mass is 10.2. The van der Waals surface area contributed by atoms with Gasteiger partial charge in [0.1, 0.15) is 0 Å². The maximum absolute atomic E-state index is 10.6. The number of nitrogens with one attached hydrogen (secondary N) is 1. The molecule has 1 aliphatic rings. The van der Waals surface area contributed by atoms with Crippen molar-refractivity contribution in [2.75, 3.05) is 26.8 Å². The first kappa shape index (κ1) is 11.4. The van der Waals surface area contributed by atoms with Crippen molar-refractivity contribution < 1.29 is 19.4 Å². The van der Waals surface area contributed by atoms with Crippen molar-refractivity contribution in [2.24, 2.45) is 0 Å². The standard InChI is InChI=1S/C9H17NO4/c1-13-5-4-10-6-7-2-3-8(14-7)9(11)12/h7-8,10H,2-6H2,1H3,(H,11,12). The molecule has 2 unspecified atom stereocenters. The van der Waals surface area contributed by atoms with E-state index in [-0.39, 0.29) is 6.10 Å². The number of aliphatic carboxylic acids is 1. The van der Waals surface area contributed by atoms with Crippen molar-refractivity contribution in [3.05, 3.63) is 0 Å². The van der Waals surface area contributed by atoms with E-state index >= 15 is 0 Å². The van der Waals surface area contributed by atoms with Crippen LogP contribution in [0.4, 0.5) is 0 Å². The Morgan fingerprint density at radius 3 is 3.00 bits per heavy atom. The van der Waals surface area contributed by atoms with E-state index < -0.39 is 12.1 Å². The lowest BCUT2D eigenvalue weighted by Crippen LogP contribution is -2.30. The third-order valence-corrected chi connectivity index (χ3v) is 2.24. The number of carboxylic acids is 1. The molecular formula is C9H17NO4. The van der Waals surface area contributed by atoms with Crippen molar-refractivity contribution in [2.45, 2.75) is 25.0 Å². The molecule has 0 bridgehead atoms. The van der Waals surface area contributed by atoms with Gasteiger partial charge in [0.25, 0.3) is 0 Å². The SMILES string of the molecule is COCCNCC1CCC(C(=O)O)O1. The topological polar surface area (TPSA) is 67.8 Å². The molecule has 0 aromatic heterocycles. The molecule has 0 radical (unpaired) electrons. The summed E-state index contributed by atoms with van der Waals surface area (Å²) in [5, 5.41) is 11.8. The Hall–Kier alpha value is -0.650. The Morgan fingerprint density at radius 1 is 1.64 bits per heavy atom. The van der Waals surface area contributed by atoms with Crippen LogP contribution >= 0.6 is 0 Å². The molecule has 0 aromatic carbocycles. The highest BCUT2D eigenvalue weighted by Crippen LogP contribution is 2.18. The number of ether oxygens (including phenoxy) is 2. The molecule has 1 saturated heterocycles. The summed E-state index contributed by atoms with van der Waals surface area (Å²) in [6.45, 7) is 2.14. The maximum Gasteiger partial charge on any atom is 0.332 e. The van der Waals surface area contributed by atoms with Gasteiger partial charge in [-0.3, -0.25) is 0 Å². The third-order valence-electron chi connectivity index (χ3n) is 2.24. The molecule has 1 aliphatic heterocycles. The fraction of sp³-hybridized carbons (Fsp3) is 0.889. The van der Waals surface area contributed by atoms with Crippen molar-refractivity contribution in [1.29, 1.82) is 0 Å². The van der Waals surface area contributed by atoms with Gasteiger partial charge >= 0.3 is 5.97 Å². The number of hydrogen-bond donors (Lipinski definition) is 2. The van der Waals surface area contributed by atoms with Crippen molar-refractivity contribution in [3.63, 3.8) is 0 Å². The van der Waals surface area contributed by atoms with E-state index in [9.17, 15) is 4.79 Å². The molecular weight excluding hydrogens is 186 g/mol. The van der Waals surface area contributed by atoms with Gasteiger partial charge in [0.15, 0.2) is 6.10 Å². The van der Waals surface area contributed by atoms with E-state index in [1.54, 1.807) is 7.11 Å². The average molecular weight is 203 g/mol. The normalized spacial score (nSPS) is 26.6. The fourth-order valence-electron chi connectivity index (χ4n) is 1.47. The molecule has 0 spiro atoms. The Bertz CT molecular complexity index is 186. The van der Waals surface area contributed by atoms with E-state index in [4.69, 9.17) is 14.6 Å². The molecule has 1 heterocycles. The molecule has 5 nitrogen and oxygen atoms in total. The molecule has 2 N–H and O–H groups in total. The number of methoxy groups -OCH3 is 1. The van der Waals surface area contributed by atoms with Gasteiger partial charge in [-0.2, -0.15) is 0 Å². The molecule has 2 atom stereocenters. The summed E-state index contributed by atoms with van der Waals surface area (Å²) in [5.74, 6) is -0.857. The smallest absolute Gasteiger partial charge is 0.332 e. The van der Waals surface area contributed by atoms with E-state index in [1.807, 2.05) is 0 Å². The Balaban J connectivity index is 2.07. The van der Waals surface area contributed by atoms with Gasteiger partial charge < -0.3 is 19.9 Å². The second-order valence-electron chi connectivity index (χ2n) is 3.36. The Labute approximate surface area is 83.4 Å². The summed E-state index contributed by atoms with van der Waals surface area (Å²) in [4.78, 5) is 10.6. The summed E-state index contributed by atoms with van der Waals surface area (Å²) in [6.07, 6.45) is 0.861. The summed E-state index contributed by atoms with van der Waals surface area (Å²) < 4.78 is 10.2. The van der Waals surface area contributed by atoms with Gasteiger partial charge in [0.2, 0.25) is 0 Å². The highest BCUT2D eigenvalue weighted by atomic mass is 16.5. The third kappa shape index (κ3) is 3.61. The monoisotopic (exact) mass is 203 g/mol. The van der Waals surface area contributed by atoms with Gasteiger partial charge in [-0.25, -0.2) is 4.79 Å². The molecule has 1 rings (SSSR count). The van der Waals surface area contributed by atoms with E-state index in [0.717, 1.165) is 13.0 Å². The highest BCUT2D eigenvalue weighted by Gasteiger charge is 2.29. The van der Waals surface area contributed by atoms with E-state index in [1.165, 1.54) is 0 Å². The summed E-state index contributed by atoms with van der Waals surface area (Å²) >= 11 is 0. The number of rotatable bonds is 6. The molecule has 0 aliphatic carbocycles. The molecule has 82 valence electrons. The lowest BCUT2D eigenvalue weighted by molar-refractivity contribution is -0.149. The van der Waals surface area contributed by atoms with Gasteiger partial charge in [-0.05, 0) is 12.8 Å². The average Bonchev–Trinajstić information content (AvgIpc) is 2.61. The molecule has 5 heteroatoms. The van der Waals surface area contributed by atoms with Crippen LogP contribution in [-0.4, -0.2) is 50.1 Å². The van der Waals surface area contributed by atoms with Crippen LogP contribution in [0.25, 0.3) is 0 Å². The van der Waals surface area contributed by atoms with Crippen LogP contribution < -0.4 is 5.32 Å². The van der Waals surface area contributed by atoms with Crippen molar-refractivity contribution in [3.8, 4) is 0 Å². The number of carbonyl (C=O) groups is 1. The minimum atomic E-state index is -0.857. The van der Waals surface area contributed by atoms with Crippen LogP contribution in [0.15, 0.2) is 0 Å². The number of hydrogen-bond acceptors (Lipinski definition) is 4.